The van der Waals surface area contributed by atoms with Crippen LogP contribution in [0.15, 0.2) is 54.7 Å². The van der Waals surface area contributed by atoms with Crippen molar-refractivity contribution in [3.05, 3.63) is 65.9 Å². The molecule has 2 aromatic carbocycles. The summed E-state index contributed by atoms with van der Waals surface area (Å²) in [4.78, 5) is 41.7. The van der Waals surface area contributed by atoms with Crippen LogP contribution in [0.25, 0.3) is 10.9 Å². The fourth-order valence-corrected chi connectivity index (χ4v) is 3.90. The van der Waals surface area contributed by atoms with Gasteiger partial charge in [0, 0.05) is 36.6 Å². The molecule has 1 fully saturated rings. The topological polar surface area (TPSA) is 104 Å². The third-order valence-electron chi connectivity index (χ3n) is 5.67. The zero-order valence-corrected chi connectivity index (χ0v) is 17.9. The van der Waals surface area contributed by atoms with Gasteiger partial charge in [0.15, 0.2) is 0 Å². The fraction of sp³-hybridized carbons (Fsp3) is 0.292. The van der Waals surface area contributed by atoms with E-state index >= 15 is 0 Å². The normalized spacial score (nSPS) is 15.8. The summed E-state index contributed by atoms with van der Waals surface area (Å²) in [5.74, 6) is 0.270. The second-order valence-corrected chi connectivity index (χ2v) is 7.77. The molecule has 1 aliphatic rings. The number of carbonyl (C=O) groups is 3. The molecule has 0 aliphatic carbocycles. The van der Waals surface area contributed by atoms with Gasteiger partial charge in [-0.2, -0.15) is 0 Å². The molecule has 2 heterocycles. The van der Waals surface area contributed by atoms with Gasteiger partial charge in [0.05, 0.1) is 7.11 Å². The molecule has 0 bridgehead atoms. The van der Waals surface area contributed by atoms with Gasteiger partial charge in [-0.15, -0.1) is 0 Å². The molecule has 0 radical (unpaired) electrons. The highest BCUT2D eigenvalue weighted by Gasteiger charge is 2.37. The van der Waals surface area contributed by atoms with Gasteiger partial charge in [0.1, 0.15) is 11.8 Å². The SMILES string of the molecule is COc1cccc(CNC(=O)CC[C@H]2NC(=O)N(CCc3c[nH]c4ccccc34)C2=O)c1. The Morgan fingerprint density at radius 1 is 1.16 bits per heavy atom. The molecule has 8 nitrogen and oxygen atoms in total. The van der Waals surface area contributed by atoms with Crippen LogP contribution >= 0.6 is 0 Å². The van der Waals surface area contributed by atoms with Crippen molar-refractivity contribution in [3.8, 4) is 5.75 Å². The van der Waals surface area contributed by atoms with Crippen molar-refractivity contribution < 1.29 is 19.1 Å². The summed E-state index contributed by atoms with van der Waals surface area (Å²) in [6, 6.07) is 14.3. The molecule has 1 aromatic heterocycles. The van der Waals surface area contributed by atoms with E-state index in [0.717, 1.165) is 27.8 Å². The van der Waals surface area contributed by atoms with Gasteiger partial charge in [-0.3, -0.25) is 14.5 Å². The minimum absolute atomic E-state index is 0.150. The maximum absolute atomic E-state index is 12.7. The van der Waals surface area contributed by atoms with Crippen molar-refractivity contribution in [3.63, 3.8) is 0 Å². The molecular weight excluding hydrogens is 408 g/mol. The summed E-state index contributed by atoms with van der Waals surface area (Å²) >= 11 is 0. The number of hydrogen-bond acceptors (Lipinski definition) is 4. The summed E-state index contributed by atoms with van der Waals surface area (Å²) in [6.07, 6.45) is 2.89. The van der Waals surface area contributed by atoms with Crippen molar-refractivity contribution in [1.29, 1.82) is 0 Å². The molecule has 3 N–H and O–H groups in total. The predicted octanol–water partition coefficient (Wildman–Crippen LogP) is 2.74. The number of methoxy groups -OCH3 is 1. The van der Waals surface area contributed by atoms with Crippen molar-refractivity contribution >= 4 is 28.7 Å². The lowest BCUT2D eigenvalue weighted by Crippen LogP contribution is -2.33. The Kier molecular flexibility index (Phi) is 6.39. The van der Waals surface area contributed by atoms with E-state index in [4.69, 9.17) is 4.74 Å². The molecule has 1 atom stereocenters. The summed E-state index contributed by atoms with van der Waals surface area (Å²) in [5, 5.41) is 6.62. The van der Waals surface area contributed by atoms with Crippen LogP contribution in [0.4, 0.5) is 4.79 Å². The van der Waals surface area contributed by atoms with Crippen LogP contribution in [0.5, 0.6) is 5.75 Å². The number of para-hydroxylation sites is 1. The Bertz CT molecular complexity index is 1140. The number of hydrogen-bond donors (Lipinski definition) is 3. The number of ether oxygens (including phenoxy) is 1. The summed E-state index contributed by atoms with van der Waals surface area (Å²) in [6.45, 7) is 0.669. The van der Waals surface area contributed by atoms with Crippen molar-refractivity contribution in [2.24, 2.45) is 0 Å². The second kappa shape index (κ2) is 9.55. The van der Waals surface area contributed by atoms with Crippen LogP contribution in [0, 0.1) is 0 Å². The van der Waals surface area contributed by atoms with Crippen molar-refractivity contribution in [1.82, 2.24) is 20.5 Å². The average molecular weight is 434 g/mol. The van der Waals surface area contributed by atoms with Crippen LogP contribution in [-0.2, 0) is 22.6 Å². The smallest absolute Gasteiger partial charge is 0.324 e. The van der Waals surface area contributed by atoms with Gasteiger partial charge < -0.3 is 20.4 Å². The zero-order valence-electron chi connectivity index (χ0n) is 17.9. The van der Waals surface area contributed by atoms with E-state index in [9.17, 15) is 14.4 Å². The van der Waals surface area contributed by atoms with E-state index in [0.29, 0.717) is 19.5 Å². The van der Waals surface area contributed by atoms with Gasteiger partial charge in [0.25, 0.3) is 5.91 Å². The first-order chi connectivity index (χ1) is 15.5. The largest absolute Gasteiger partial charge is 0.497 e. The minimum Gasteiger partial charge on any atom is -0.497 e. The number of nitrogens with zero attached hydrogens (tertiary/aromatic N) is 1. The maximum Gasteiger partial charge on any atom is 0.324 e. The molecule has 8 heteroatoms. The monoisotopic (exact) mass is 434 g/mol. The van der Waals surface area contributed by atoms with Gasteiger partial charge >= 0.3 is 6.03 Å². The Morgan fingerprint density at radius 3 is 2.84 bits per heavy atom. The zero-order chi connectivity index (χ0) is 22.5. The first-order valence-corrected chi connectivity index (χ1v) is 10.6. The number of rotatable bonds is 9. The van der Waals surface area contributed by atoms with Gasteiger partial charge in [0.2, 0.25) is 5.91 Å². The maximum atomic E-state index is 12.7. The van der Waals surface area contributed by atoms with E-state index in [1.165, 1.54) is 4.90 Å². The van der Waals surface area contributed by atoms with Gasteiger partial charge in [-0.05, 0) is 42.2 Å². The number of aromatic amines is 1. The number of urea groups is 1. The highest BCUT2D eigenvalue weighted by Crippen LogP contribution is 2.20. The average Bonchev–Trinajstić information content (AvgIpc) is 3.35. The molecule has 3 aromatic rings. The molecular formula is C24H26N4O4. The van der Waals surface area contributed by atoms with Crippen LogP contribution in [-0.4, -0.2) is 47.4 Å². The molecule has 1 aliphatic heterocycles. The second-order valence-electron chi connectivity index (χ2n) is 7.77. The summed E-state index contributed by atoms with van der Waals surface area (Å²) in [5.41, 5.74) is 3.01. The lowest BCUT2D eigenvalue weighted by Gasteiger charge is -2.13. The molecule has 4 rings (SSSR count). The number of imide groups is 1. The summed E-state index contributed by atoms with van der Waals surface area (Å²) < 4.78 is 5.18. The van der Waals surface area contributed by atoms with Gasteiger partial charge in [-0.1, -0.05) is 30.3 Å². The van der Waals surface area contributed by atoms with Crippen LogP contribution in [0.2, 0.25) is 0 Å². The first-order valence-electron chi connectivity index (χ1n) is 10.6. The number of nitrogens with one attached hydrogen (secondary N) is 3. The van der Waals surface area contributed by atoms with Crippen LogP contribution < -0.4 is 15.4 Å². The third kappa shape index (κ3) is 4.74. The lowest BCUT2D eigenvalue weighted by molar-refractivity contribution is -0.127. The fourth-order valence-electron chi connectivity index (χ4n) is 3.90. The van der Waals surface area contributed by atoms with E-state index in [2.05, 4.69) is 15.6 Å². The Balaban J connectivity index is 1.25. The Labute approximate surface area is 185 Å². The number of carbonyl (C=O) groups excluding carboxylic acids is 3. The minimum atomic E-state index is -0.673. The highest BCUT2D eigenvalue weighted by atomic mass is 16.5. The number of amides is 4. The molecule has 32 heavy (non-hydrogen) atoms. The molecule has 4 amide bonds. The summed E-state index contributed by atoms with van der Waals surface area (Å²) in [7, 11) is 1.59. The molecule has 1 saturated heterocycles. The standard InChI is InChI=1S/C24H26N4O4/c1-32-18-6-4-5-16(13-18)14-26-22(29)10-9-21-23(30)28(24(31)27-21)12-11-17-15-25-20-8-3-2-7-19(17)20/h2-8,13,15,21,25H,9-12,14H2,1H3,(H,26,29)(H,27,31)/t21-/m1/s1. The predicted molar refractivity (Wildman–Crippen MR) is 120 cm³/mol. The number of aromatic nitrogens is 1. The number of H-pyrrole nitrogens is 1. The molecule has 166 valence electrons. The van der Waals surface area contributed by atoms with E-state index in [1.54, 1.807) is 7.11 Å². The van der Waals surface area contributed by atoms with E-state index in [1.807, 2.05) is 54.7 Å². The van der Waals surface area contributed by atoms with Crippen molar-refractivity contribution in [2.45, 2.75) is 31.8 Å². The molecule has 0 unspecified atom stereocenters. The lowest BCUT2D eigenvalue weighted by atomic mass is 10.1. The van der Waals surface area contributed by atoms with Crippen molar-refractivity contribution in [2.75, 3.05) is 13.7 Å². The van der Waals surface area contributed by atoms with Gasteiger partial charge in [-0.25, -0.2) is 4.79 Å². The van der Waals surface area contributed by atoms with E-state index < -0.39 is 12.1 Å². The first kappa shape index (κ1) is 21.4. The Hall–Kier alpha value is -3.81. The number of fused-ring (bicyclic) bond motifs is 1. The third-order valence-corrected chi connectivity index (χ3v) is 5.67. The number of benzene rings is 2. The Morgan fingerprint density at radius 2 is 2.00 bits per heavy atom. The molecule has 0 saturated carbocycles. The van der Waals surface area contributed by atoms with E-state index in [-0.39, 0.29) is 24.7 Å². The van der Waals surface area contributed by atoms with Crippen LogP contribution in [0.1, 0.15) is 24.0 Å². The highest BCUT2D eigenvalue weighted by molar-refractivity contribution is 6.04. The molecule has 0 spiro atoms. The quantitative estimate of drug-likeness (QED) is 0.451. The van der Waals surface area contributed by atoms with Crippen LogP contribution in [0.3, 0.4) is 0 Å².